The van der Waals surface area contributed by atoms with Gasteiger partial charge in [0.15, 0.2) is 16.8 Å². The molecule has 0 unspecified atom stereocenters. The van der Waals surface area contributed by atoms with Gasteiger partial charge in [-0.3, -0.25) is 4.79 Å². The average molecular weight is 430 g/mol. The van der Waals surface area contributed by atoms with Crippen LogP contribution in [0.25, 0.3) is 0 Å². The number of hydrogen-bond acceptors (Lipinski definition) is 5. The number of nitrogens with zero attached hydrogens (tertiary/aromatic N) is 3. The van der Waals surface area contributed by atoms with Crippen molar-refractivity contribution in [3.05, 3.63) is 69.0 Å². The van der Waals surface area contributed by atoms with E-state index in [0.29, 0.717) is 27.5 Å². The lowest BCUT2D eigenvalue weighted by molar-refractivity contribution is 0.102. The van der Waals surface area contributed by atoms with Crippen molar-refractivity contribution in [2.75, 3.05) is 5.75 Å². The summed E-state index contributed by atoms with van der Waals surface area (Å²) in [7, 11) is 1.86. The van der Waals surface area contributed by atoms with Crippen LogP contribution < -0.4 is 4.74 Å². The molecule has 2 aromatic carbocycles. The Hall–Kier alpha value is -2.31. The monoisotopic (exact) mass is 429 g/mol. The van der Waals surface area contributed by atoms with E-state index in [1.807, 2.05) is 43.7 Å². The molecule has 0 spiro atoms. The van der Waals surface area contributed by atoms with Crippen LogP contribution in [0.15, 0.2) is 35.5 Å². The molecule has 0 amide bonds. The smallest absolute Gasteiger partial charge is 0.191 e. The van der Waals surface area contributed by atoms with Crippen LogP contribution >= 0.6 is 23.4 Å². The van der Waals surface area contributed by atoms with E-state index in [2.05, 4.69) is 24.0 Å². The normalized spacial score (nSPS) is 11.0. The molecule has 1 aromatic heterocycles. The molecule has 29 heavy (non-hydrogen) atoms. The Morgan fingerprint density at radius 2 is 1.83 bits per heavy atom. The van der Waals surface area contributed by atoms with Crippen LogP contribution in [0.4, 0.5) is 0 Å². The summed E-state index contributed by atoms with van der Waals surface area (Å²) in [6.45, 7) is 8.45. The molecule has 0 atom stereocenters. The van der Waals surface area contributed by atoms with Gasteiger partial charge in [0.25, 0.3) is 0 Å². The van der Waals surface area contributed by atoms with Crippen LogP contribution in [0.3, 0.4) is 0 Å². The lowest BCUT2D eigenvalue weighted by atomic mass is 9.93. The summed E-state index contributed by atoms with van der Waals surface area (Å²) in [5.74, 6) is 1.66. The highest BCUT2D eigenvalue weighted by molar-refractivity contribution is 7.99. The van der Waals surface area contributed by atoms with E-state index in [1.54, 1.807) is 12.1 Å². The van der Waals surface area contributed by atoms with Crippen LogP contribution in [0.5, 0.6) is 5.75 Å². The standard InChI is InChI=1S/C22H24ClN3O2S/c1-13-10-17(16(4)15(3)14(13)2)19(27)12-29-22-25-24-21(26(22)5)11-28-20-9-7-6-8-18(20)23/h6-10H,11-12H2,1-5H3. The van der Waals surface area contributed by atoms with E-state index in [-0.39, 0.29) is 12.4 Å². The average Bonchev–Trinajstić information content (AvgIpc) is 3.06. The van der Waals surface area contributed by atoms with Crippen molar-refractivity contribution < 1.29 is 9.53 Å². The Kier molecular flexibility index (Phi) is 6.65. The van der Waals surface area contributed by atoms with E-state index in [1.165, 1.54) is 22.9 Å². The number of aryl methyl sites for hydroxylation is 1. The van der Waals surface area contributed by atoms with Gasteiger partial charge in [-0.2, -0.15) is 0 Å². The van der Waals surface area contributed by atoms with Gasteiger partial charge in [0.2, 0.25) is 0 Å². The third kappa shape index (κ3) is 4.65. The van der Waals surface area contributed by atoms with Crippen molar-refractivity contribution in [2.24, 2.45) is 7.05 Å². The van der Waals surface area contributed by atoms with Crippen LogP contribution in [0.2, 0.25) is 5.02 Å². The third-order valence-electron chi connectivity index (χ3n) is 5.23. The first-order valence-electron chi connectivity index (χ1n) is 9.28. The van der Waals surface area contributed by atoms with Gasteiger partial charge in [-0.15, -0.1) is 10.2 Å². The topological polar surface area (TPSA) is 57.0 Å². The lowest BCUT2D eigenvalue weighted by Gasteiger charge is -2.13. The molecule has 0 saturated heterocycles. The predicted octanol–water partition coefficient (Wildman–Crippen LogP) is 5.26. The van der Waals surface area contributed by atoms with Crippen molar-refractivity contribution in [3.8, 4) is 5.75 Å². The molecule has 3 rings (SSSR count). The molecule has 0 bridgehead atoms. The largest absolute Gasteiger partial charge is 0.484 e. The number of hydrogen-bond donors (Lipinski definition) is 0. The first-order chi connectivity index (χ1) is 13.8. The lowest BCUT2D eigenvalue weighted by Crippen LogP contribution is -2.09. The Morgan fingerprint density at radius 3 is 2.55 bits per heavy atom. The predicted molar refractivity (Wildman–Crippen MR) is 117 cm³/mol. The molecular weight excluding hydrogens is 406 g/mol. The van der Waals surface area contributed by atoms with E-state index in [9.17, 15) is 4.79 Å². The highest BCUT2D eigenvalue weighted by Crippen LogP contribution is 2.26. The van der Waals surface area contributed by atoms with Gasteiger partial charge < -0.3 is 9.30 Å². The molecule has 152 valence electrons. The molecule has 1 heterocycles. The zero-order valence-corrected chi connectivity index (χ0v) is 18.8. The van der Waals surface area contributed by atoms with Crippen LogP contribution in [-0.4, -0.2) is 26.3 Å². The van der Waals surface area contributed by atoms with Crippen molar-refractivity contribution >= 4 is 29.1 Å². The molecule has 0 saturated carbocycles. The van der Waals surface area contributed by atoms with Gasteiger partial charge in [-0.25, -0.2) is 0 Å². The van der Waals surface area contributed by atoms with Crippen LogP contribution in [0.1, 0.15) is 38.4 Å². The van der Waals surface area contributed by atoms with Gasteiger partial charge >= 0.3 is 0 Å². The molecule has 0 N–H and O–H groups in total. The van der Waals surface area contributed by atoms with Gasteiger partial charge in [0.1, 0.15) is 12.4 Å². The number of carbonyl (C=O) groups excluding carboxylic acids is 1. The Labute approximate surface area is 180 Å². The number of thioether (sulfide) groups is 1. The Bertz CT molecular complexity index is 1060. The Balaban J connectivity index is 1.66. The molecule has 0 aliphatic rings. The minimum Gasteiger partial charge on any atom is -0.484 e. The Morgan fingerprint density at radius 1 is 1.10 bits per heavy atom. The second-order valence-corrected chi connectivity index (χ2v) is 8.35. The van der Waals surface area contributed by atoms with Crippen LogP contribution in [-0.2, 0) is 13.7 Å². The molecule has 5 nitrogen and oxygen atoms in total. The van der Waals surface area contributed by atoms with E-state index in [0.717, 1.165) is 16.7 Å². The van der Waals surface area contributed by atoms with Crippen molar-refractivity contribution in [1.82, 2.24) is 14.8 Å². The minimum absolute atomic E-state index is 0.0931. The number of aromatic nitrogens is 3. The summed E-state index contributed by atoms with van der Waals surface area (Å²) in [6, 6.07) is 9.28. The second kappa shape index (κ2) is 9.01. The number of ketones is 1. The van der Waals surface area contributed by atoms with E-state index in [4.69, 9.17) is 16.3 Å². The summed E-state index contributed by atoms with van der Waals surface area (Å²) in [4.78, 5) is 12.8. The fourth-order valence-electron chi connectivity index (χ4n) is 3.01. The van der Waals surface area contributed by atoms with Gasteiger partial charge in [0.05, 0.1) is 10.8 Å². The highest BCUT2D eigenvalue weighted by Gasteiger charge is 2.17. The fourth-order valence-corrected chi connectivity index (χ4v) is 4.01. The maximum absolute atomic E-state index is 12.8. The summed E-state index contributed by atoms with van der Waals surface area (Å²) < 4.78 is 7.57. The van der Waals surface area contributed by atoms with Gasteiger partial charge in [-0.1, -0.05) is 35.5 Å². The third-order valence-corrected chi connectivity index (χ3v) is 6.57. The summed E-state index contributed by atoms with van der Waals surface area (Å²) in [5, 5.41) is 9.60. The number of halogens is 1. The van der Waals surface area contributed by atoms with Crippen molar-refractivity contribution in [1.29, 1.82) is 0 Å². The molecule has 7 heteroatoms. The zero-order chi connectivity index (χ0) is 21.1. The number of ether oxygens (including phenoxy) is 1. The minimum atomic E-state index is 0.0931. The number of rotatable bonds is 7. The quantitative estimate of drug-likeness (QED) is 0.379. The summed E-state index contributed by atoms with van der Waals surface area (Å²) in [5.41, 5.74) is 5.38. The molecule has 0 aliphatic carbocycles. The van der Waals surface area contributed by atoms with Gasteiger partial charge in [0, 0.05) is 12.6 Å². The van der Waals surface area contributed by atoms with Crippen molar-refractivity contribution in [2.45, 2.75) is 39.5 Å². The molecule has 3 aromatic rings. The first-order valence-corrected chi connectivity index (χ1v) is 10.6. The molecule has 0 fully saturated rings. The summed E-state index contributed by atoms with van der Waals surface area (Å²) >= 11 is 7.49. The fraction of sp³-hybridized carbons (Fsp3) is 0.318. The molecule has 0 radical (unpaired) electrons. The van der Waals surface area contributed by atoms with Gasteiger partial charge in [-0.05, 0) is 68.1 Å². The second-order valence-electron chi connectivity index (χ2n) is 7.00. The number of benzene rings is 2. The van der Waals surface area contributed by atoms with E-state index < -0.39 is 0 Å². The van der Waals surface area contributed by atoms with E-state index >= 15 is 0 Å². The summed E-state index contributed by atoms with van der Waals surface area (Å²) in [6.07, 6.45) is 0. The number of carbonyl (C=O) groups is 1. The highest BCUT2D eigenvalue weighted by atomic mass is 35.5. The molecule has 0 aliphatic heterocycles. The SMILES string of the molecule is Cc1cc(C(=O)CSc2nnc(COc3ccccc3Cl)n2C)c(C)c(C)c1C. The number of para-hydroxylation sites is 1. The maximum Gasteiger partial charge on any atom is 0.191 e. The van der Waals surface area contributed by atoms with Crippen LogP contribution in [0, 0.1) is 27.7 Å². The maximum atomic E-state index is 12.8. The molecular formula is C22H24ClN3O2S. The van der Waals surface area contributed by atoms with Crippen molar-refractivity contribution in [3.63, 3.8) is 0 Å². The zero-order valence-electron chi connectivity index (χ0n) is 17.2. The first kappa shape index (κ1) is 21.4. The number of Topliss-reactive ketones (excluding diaryl/α,β-unsaturated/α-hetero) is 1.